The molecule has 0 radical (unpaired) electrons. The lowest BCUT2D eigenvalue weighted by molar-refractivity contribution is 0.198. The second-order valence-corrected chi connectivity index (χ2v) is 8.71. The fraction of sp³-hybridized carbons (Fsp3) is 0.417. The molecule has 8 nitrogen and oxygen atoms in total. The van der Waals surface area contributed by atoms with E-state index >= 15 is 0 Å². The smallest absolute Gasteiger partial charge is 0.319 e. The number of anilines is 1. The molecule has 9 heteroatoms. The molecule has 2 amide bonds. The monoisotopic (exact) mass is 451 g/mol. The predicted octanol–water partition coefficient (Wildman–Crippen LogP) is 3.38. The Morgan fingerprint density at radius 1 is 1.27 bits per heavy atom. The molecule has 0 aliphatic carbocycles. The lowest BCUT2D eigenvalue weighted by atomic mass is 9.80. The van der Waals surface area contributed by atoms with Crippen LogP contribution in [0.1, 0.15) is 25.3 Å². The first kappa shape index (κ1) is 22.8. The van der Waals surface area contributed by atoms with Gasteiger partial charge in [-0.2, -0.15) is 0 Å². The van der Waals surface area contributed by atoms with Gasteiger partial charge in [0.15, 0.2) is 5.82 Å². The van der Waals surface area contributed by atoms with E-state index in [4.69, 9.17) is 0 Å². The van der Waals surface area contributed by atoms with Crippen LogP contribution in [0, 0.1) is 17.7 Å². The number of rotatable bonds is 7. The van der Waals surface area contributed by atoms with Crippen LogP contribution in [-0.2, 0) is 13.5 Å². The first-order valence-electron chi connectivity index (χ1n) is 11.3. The average molecular weight is 452 g/mol. The van der Waals surface area contributed by atoms with E-state index in [2.05, 4.69) is 38.4 Å². The van der Waals surface area contributed by atoms with E-state index < -0.39 is 0 Å². The van der Waals surface area contributed by atoms with Crippen molar-refractivity contribution in [2.45, 2.75) is 32.2 Å². The molecule has 1 fully saturated rings. The molecule has 1 aliphatic heterocycles. The number of tetrazole rings is 1. The van der Waals surface area contributed by atoms with Crippen molar-refractivity contribution in [1.29, 1.82) is 0 Å². The molecule has 3 unspecified atom stereocenters. The molecule has 4 rings (SSSR count). The molecule has 0 saturated carbocycles. The van der Waals surface area contributed by atoms with Gasteiger partial charge in [0.1, 0.15) is 5.82 Å². The Kier molecular flexibility index (Phi) is 7.29. The molecule has 174 valence electrons. The van der Waals surface area contributed by atoms with Gasteiger partial charge in [-0.3, -0.25) is 0 Å². The van der Waals surface area contributed by atoms with E-state index in [1.54, 1.807) is 11.7 Å². The minimum atomic E-state index is -0.245. The maximum Gasteiger partial charge on any atom is 0.319 e. The Labute approximate surface area is 193 Å². The third-order valence-corrected chi connectivity index (χ3v) is 6.38. The van der Waals surface area contributed by atoms with E-state index in [9.17, 15) is 9.18 Å². The average Bonchev–Trinajstić information content (AvgIpc) is 3.24. The van der Waals surface area contributed by atoms with Gasteiger partial charge in [0.25, 0.3) is 0 Å². The highest BCUT2D eigenvalue weighted by Gasteiger charge is 2.30. The largest absolute Gasteiger partial charge is 0.335 e. The maximum absolute atomic E-state index is 13.3. The highest BCUT2D eigenvalue weighted by Crippen LogP contribution is 2.25. The van der Waals surface area contributed by atoms with E-state index in [0.29, 0.717) is 23.3 Å². The second kappa shape index (κ2) is 10.5. The highest BCUT2D eigenvalue weighted by atomic mass is 19.1. The van der Waals surface area contributed by atoms with E-state index in [1.807, 2.05) is 36.4 Å². The number of carbonyl (C=O) groups excluding carboxylic acids is 1. The minimum absolute atomic E-state index is 0.0102. The summed E-state index contributed by atoms with van der Waals surface area (Å²) in [5.74, 6) is 1.20. The van der Waals surface area contributed by atoms with Gasteiger partial charge >= 0.3 is 6.03 Å². The van der Waals surface area contributed by atoms with Crippen LogP contribution in [-0.4, -0.2) is 45.4 Å². The molecule has 33 heavy (non-hydrogen) atoms. The number of aryl methyl sites for hydroxylation is 2. The van der Waals surface area contributed by atoms with Crippen molar-refractivity contribution in [2.24, 2.45) is 18.9 Å². The number of urea groups is 1. The molecule has 1 saturated heterocycles. The summed E-state index contributed by atoms with van der Waals surface area (Å²) in [6, 6.07) is 13.8. The first-order valence-corrected chi connectivity index (χ1v) is 11.3. The summed E-state index contributed by atoms with van der Waals surface area (Å²) < 4.78 is 14.8. The fourth-order valence-corrected chi connectivity index (χ4v) is 4.46. The second-order valence-electron chi connectivity index (χ2n) is 8.71. The van der Waals surface area contributed by atoms with Crippen molar-refractivity contribution in [3.63, 3.8) is 0 Å². The third kappa shape index (κ3) is 5.92. The number of benzene rings is 2. The number of aromatic nitrogens is 4. The molecule has 1 aliphatic rings. The molecule has 2 heterocycles. The number of amides is 2. The summed E-state index contributed by atoms with van der Waals surface area (Å²) in [6.45, 7) is 4.11. The molecular weight excluding hydrogens is 421 g/mol. The topological polar surface area (TPSA) is 96.8 Å². The molecular formula is C24H30FN7O. The van der Waals surface area contributed by atoms with Crippen LogP contribution in [0.5, 0.6) is 0 Å². The molecule has 0 bridgehead atoms. The number of piperidine rings is 1. The van der Waals surface area contributed by atoms with Crippen molar-refractivity contribution in [3.8, 4) is 11.4 Å². The van der Waals surface area contributed by atoms with Crippen molar-refractivity contribution < 1.29 is 9.18 Å². The number of nitrogens with one attached hydrogen (secondary N) is 3. The standard InChI is InChI=1S/C24H30FN7O/c1-16-12-13-26-15-21(16)22(11-8-17-6-9-19(25)10-7-17)28-24(33)27-20-5-3-4-18(14-20)23-29-30-31-32(23)2/h3-7,9-10,14,16,21-22,26H,8,11-13,15H2,1-2H3,(H2,27,28,33). The van der Waals surface area contributed by atoms with Crippen LogP contribution in [0.4, 0.5) is 14.9 Å². The van der Waals surface area contributed by atoms with Crippen LogP contribution in [0.3, 0.4) is 0 Å². The summed E-state index contributed by atoms with van der Waals surface area (Å²) in [6.07, 6.45) is 2.62. The molecule has 0 spiro atoms. The highest BCUT2D eigenvalue weighted by molar-refractivity contribution is 5.90. The van der Waals surface area contributed by atoms with Gasteiger partial charge in [-0.15, -0.1) is 5.10 Å². The van der Waals surface area contributed by atoms with Crippen LogP contribution >= 0.6 is 0 Å². The zero-order chi connectivity index (χ0) is 23.2. The van der Waals surface area contributed by atoms with Crippen LogP contribution in [0.25, 0.3) is 11.4 Å². The van der Waals surface area contributed by atoms with Crippen LogP contribution < -0.4 is 16.0 Å². The van der Waals surface area contributed by atoms with Crippen LogP contribution in [0.2, 0.25) is 0 Å². The SMILES string of the molecule is CC1CCNCC1C(CCc1ccc(F)cc1)NC(=O)Nc1cccc(-c2nnnn2C)c1. The summed E-state index contributed by atoms with van der Waals surface area (Å²) in [5, 5.41) is 21.2. The summed E-state index contributed by atoms with van der Waals surface area (Å²) in [4.78, 5) is 13.0. The van der Waals surface area contributed by atoms with Crippen molar-refractivity contribution >= 4 is 11.7 Å². The fourth-order valence-electron chi connectivity index (χ4n) is 4.46. The zero-order valence-corrected chi connectivity index (χ0v) is 19.0. The van der Waals surface area contributed by atoms with Gasteiger partial charge in [-0.1, -0.05) is 31.2 Å². The zero-order valence-electron chi connectivity index (χ0n) is 19.0. The molecule has 1 aromatic heterocycles. The Morgan fingerprint density at radius 2 is 2.09 bits per heavy atom. The van der Waals surface area contributed by atoms with Crippen molar-refractivity contribution in [3.05, 3.63) is 59.9 Å². The lowest BCUT2D eigenvalue weighted by Gasteiger charge is -2.36. The number of hydrogen-bond acceptors (Lipinski definition) is 5. The lowest BCUT2D eigenvalue weighted by Crippen LogP contribution is -2.50. The van der Waals surface area contributed by atoms with E-state index in [0.717, 1.165) is 43.5 Å². The number of halogens is 1. The number of carbonyl (C=O) groups is 1. The molecule has 2 aromatic carbocycles. The van der Waals surface area contributed by atoms with Gasteiger partial charge in [0.2, 0.25) is 0 Å². The number of hydrogen-bond donors (Lipinski definition) is 3. The van der Waals surface area contributed by atoms with Crippen molar-refractivity contribution in [2.75, 3.05) is 18.4 Å². The van der Waals surface area contributed by atoms with Gasteiger partial charge in [0.05, 0.1) is 0 Å². The third-order valence-electron chi connectivity index (χ3n) is 6.38. The normalized spacial score (nSPS) is 19.1. The molecule has 3 N–H and O–H groups in total. The Morgan fingerprint density at radius 3 is 2.82 bits per heavy atom. The van der Waals surface area contributed by atoms with Gasteiger partial charge in [-0.05, 0) is 77.9 Å². The summed E-state index contributed by atoms with van der Waals surface area (Å²) >= 11 is 0. The van der Waals surface area contributed by atoms with Gasteiger partial charge < -0.3 is 16.0 Å². The Balaban J connectivity index is 1.44. The maximum atomic E-state index is 13.3. The quantitative estimate of drug-likeness (QED) is 0.512. The van der Waals surface area contributed by atoms with E-state index in [1.165, 1.54) is 12.1 Å². The Bertz CT molecular complexity index is 1070. The minimum Gasteiger partial charge on any atom is -0.335 e. The summed E-state index contributed by atoms with van der Waals surface area (Å²) in [5.41, 5.74) is 2.54. The number of nitrogens with zero attached hydrogens (tertiary/aromatic N) is 4. The summed E-state index contributed by atoms with van der Waals surface area (Å²) in [7, 11) is 1.77. The first-order chi connectivity index (χ1) is 16.0. The van der Waals surface area contributed by atoms with Gasteiger partial charge in [-0.25, -0.2) is 13.9 Å². The molecule has 3 aromatic rings. The predicted molar refractivity (Wildman–Crippen MR) is 125 cm³/mol. The Hall–Kier alpha value is -3.33. The van der Waals surface area contributed by atoms with Gasteiger partial charge in [0, 0.05) is 30.9 Å². The van der Waals surface area contributed by atoms with Crippen LogP contribution in [0.15, 0.2) is 48.5 Å². The van der Waals surface area contributed by atoms with Crippen molar-refractivity contribution in [1.82, 2.24) is 30.8 Å². The van der Waals surface area contributed by atoms with E-state index in [-0.39, 0.29) is 17.9 Å². The molecule has 3 atom stereocenters.